The lowest BCUT2D eigenvalue weighted by molar-refractivity contribution is 0.329. The van der Waals surface area contributed by atoms with Gasteiger partial charge < -0.3 is 5.32 Å². The number of thiazole rings is 1. The quantitative estimate of drug-likeness (QED) is 0.860. The van der Waals surface area contributed by atoms with Crippen LogP contribution in [0.2, 0.25) is 0 Å². The molecule has 0 aromatic carbocycles. The maximum absolute atomic E-state index is 4.91. The van der Waals surface area contributed by atoms with Gasteiger partial charge >= 0.3 is 0 Å². The molecule has 2 atom stereocenters. The van der Waals surface area contributed by atoms with Crippen molar-refractivity contribution in [2.45, 2.75) is 64.8 Å². The van der Waals surface area contributed by atoms with Crippen LogP contribution in [0.1, 0.15) is 70.0 Å². The molecule has 2 nitrogen and oxygen atoms in total. The summed E-state index contributed by atoms with van der Waals surface area (Å²) in [7, 11) is 0. The van der Waals surface area contributed by atoms with Crippen molar-refractivity contribution >= 4 is 11.3 Å². The van der Waals surface area contributed by atoms with E-state index in [0.29, 0.717) is 5.92 Å². The van der Waals surface area contributed by atoms with Crippen molar-refractivity contribution in [1.82, 2.24) is 10.3 Å². The molecule has 1 aliphatic rings. The largest absolute Gasteiger partial charge is 0.305 e. The summed E-state index contributed by atoms with van der Waals surface area (Å²) >= 11 is 1.85. The molecule has 2 rings (SSSR count). The van der Waals surface area contributed by atoms with Gasteiger partial charge in [0.1, 0.15) is 5.01 Å². The summed E-state index contributed by atoms with van der Waals surface area (Å²) in [6.45, 7) is 10.2. The van der Waals surface area contributed by atoms with E-state index in [1.54, 1.807) is 0 Å². The molecule has 1 fully saturated rings. The Hall–Kier alpha value is -0.410. The highest BCUT2D eigenvalue weighted by molar-refractivity contribution is 7.09. The molecule has 1 aliphatic carbocycles. The van der Waals surface area contributed by atoms with Gasteiger partial charge in [0, 0.05) is 5.38 Å². The maximum atomic E-state index is 4.91. The lowest BCUT2D eigenvalue weighted by Gasteiger charge is -2.28. The van der Waals surface area contributed by atoms with E-state index in [0.717, 1.165) is 12.5 Å². The summed E-state index contributed by atoms with van der Waals surface area (Å²) in [5, 5.41) is 7.36. The lowest BCUT2D eigenvalue weighted by Crippen LogP contribution is -2.40. The van der Waals surface area contributed by atoms with E-state index in [2.05, 4.69) is 38.4 Å². The van der Waals surface area contributed by atoms with E-state index in [4.69, 9.17) is 4.98 Å². The fourth-order valence-electron chi connectivity index (χ4n) is 2.86. The average Bonchev–Trinajstić information content (AvgIpc) is 2.94. The molecule has 0 bridgehead atoms. The van der Waals surface area contributed by atoms with Crippen molar-refractivity contribution in [3.8, 4) is 0 Å². The van der Waals surface area contributed by atoms with Crippen LogP contribution in [0.3, 0.4) is 0 Å². The van der Waals surface area contributed by atoms with Crippen molar-refractivity contribution in [3.05, 3.63) is 16.1 Å². The number of aromatic nitrogens is 1. The topological polar surface area (TPSA) is 24.9 Å². The van der Waals surface area contributed by atoms with Crippen LogP contribution in [-0.4, -0.2) is 11.5 Å². The Kier molecular flexibility index (Phi) is 4.44. The summed E-state index contributed by atoms with van der Waals surface area (Å²) in [6.07, 6.45) is 5.02. The van der Waals surface area contributed by atoms with Crippen LogP contribution in [0.5, 0.6) is 0 Å². The van der Waals surface area contributed by atoms with Crippen LogP contribution in [0.15, 0.2) is 5.38 Å². The molecule has 0 saturated heterocycles. The first-order chi connectivity index (χ1) is 8.57. The number of hydrogen-bond donors (Lipinski definition) is 1. The van der Waals surface area contributed by atoms with Crippen molar-refractivity contribution in [3.63, 3.8) is 0 Å². The Morgan fingerprint density at radius 2 is 2.33 bits per heavy atom. The Morgan fingerprint density at radius 1 is 1.56 bits per heavy atom. The Bertz CT molecular complexity index is 386. The molecule has 1 aromatic rings. The van der Waals surface area contributed by atoms with E-state index in [1.165, 1.54) is 36.4 Å². The molecule has 1 aromatic heterocycles. The van der Waals surface area contributed by atoms with Gasteiger partial charge in [-0.05, 0) is 44.1 Å². The minimum Gasteiger partial charge on any atom is -0.305 e. The molecule has 18 heavy (non-hydrogen) atoms. The normalized spacial score (nSPS) is 28.2. The summed E-state index contributed by atoms with van der Waals surface area (Å²) in [5.74, 6) is 1.36. The molecule has 0 radical (unpaired) electrons. The highest BCUT2D eigenvalue weighted by atomic mass is 32.1. The molecule has 0 aliphatic heterocycles. The molecule has 102 valence electrons. The van der Waals surface area contributed by atoms with Crippen LogP contribution in [-0.2, 0) is 5.54 Å². The van der Waals surface area contributed by atoms with Gasteiger partial charge in [0.15, 0.2) is 0 Å². The van der Waals surface area contributed by atoms with Crippen molar-refractivity contribution < 1.29 is 0 Å². The predicted octanol–water partition coefficient (Wildman–Crippen LogP) is 4.28. The fourth-order valence-corrected chi connectivity index (χ4v) is 4.06. The monoisotopic (exact) mass is 266 g/mol. The van der Waals surface area contributed by atoms with E-state index in [-0.39, 0.29) is 5.54 Å². The van der Waals surface area contributed by atoms with Crippen LogP contribution >= 0.6 is 11.3 Å². The van der Waals surface area contributed by atoms with Gasteiger partial charge in [0.05, 0.1) is 11.2 Å². The SMILES string of the molecule is CCCNC1(c2nc(C(C)C)cs2)CCC(C)C1. The van der Waals surface area contributed by atoms with Crippen LogP contribution in [0, 0.1) is 5.92 Å². The zero-order valence-electron chi connectivity index (χ0n) is 12.1. The minimum absolute atomic E-state index is 0.174. The number of rotatable bonds is 5. The van der Waals surface area contributed by atoms with E-state index in [1.807, 2.05) is 11.3 Å². The number of nitrogens with one attached hydrogen (secondary N) is 1. The molecular weight excluding hydrogens is 240 g/mol. The second kappa shape index (κ2) is 5.70. The van der Waals surface area contributed by atoms with Gasteiger partial charge in [-0.2, -0.15) is 0 Å². The Morgan fingerprint density at radius 3 is 2.83 bits per heavy atom. The summed E-state index contributed by atoms with van der Waals surface area (Å²) in [5.41, 5.74) is 1.43. The maximum Gasteiger partial charge on any atom is 0.113 e. The highest BCUT2D eigenvalue weighted by Gasteiger charge is 2.40. The standard InChI is InChI=1S/C15H26N2S/c1-5-8-16-15(7-6-12(4)9-15)14-17-13(10-18-14)11(2)3/h10-12,16H,5-9H2,1-4H3. The summed E-state index contributed by atoms with van der Waals surface area (Å²) in [6, 6.07) is 0. The van der Waals surface area contributed by atoms with Gasteiger partial charge in [0.25, 0.3) is 0 Å². The second-order valence-corrected chi connectivity index (χ2v) is 6.95. The van der Waals surface area contributed by atoms with Crippen LogP contribution in [0.4, 0.5) is 0 Å². The molecule has 3 heteroatoms. The first-order valence-electron chi connectivity index (χ1n) is 7.28. The third-order valence-electron chi connectivity index (χ3n) is 4.00. The third-order valence-corrected chi connectivity index (χ3v) is 5.06. The summed E-state index contributed by atoms with van der Waals surface area (Å²) < 4.78 is 0. The smallest absolute Gasteiger partial charge is 0.113 e. The van der Waals surface area contributed by atoms with Crippen molar-refractivity contribution in [1.29, 1.82) is 0 Å². The van der Waals surface area contributed by atoms with Crippen LogP contribution in [0.25, 0.3) is 0 Å². The van der Waals surface area contributed by atoms with Gasteiger partial charge in [-0.3, -0.25) is 0 Å². The Labute approximate surface area is 115 Å². The average molecular weight is 266 g/mol. The predicted molar refractivity (Wildman–Crippen MR) is 79.2 cm³/mol. The summed E-state index contributed by atoms with van der Waals surface area (Å²) in [4.78, 5) is 4.91. The Balaban J connectivity index is 2.22. The zero-order valence-corrected chi connectivity index (χ0v) is 12.9. The molecule has 1 N–H and O–H groups in total. The molecule has 0 spiro atoms. The van der Waals surface area contributed by atoms with Gasteiger partial charge in [-0.15, -0.1) is 11.3 Å². The first kappa shape index (κ1) is 14.0. The zero-order chi connectivity index (χ0) is 13.2. The van der Waals surface area contributed by atoms with Crippen LogP contribution < -0.4 is 5.32 Å². The third kappa shape index (κ3) is 2.77. The molecule has 2 unspecified atom stereocenters. The van der Waals surface area contributed by atoms with E-state index >= 15 is 0 Å². The van der Waals surface area contributed by atoms with Crippen molar-refractivity contribution in [2.75, 3.05) is 6.54 Å². The first-order valence-corrected chi connectivity index (χ1v) is 8.16. The van der Waals surface area contributed by atoms with E-state index < -0.39 is 0 Å². The van der Waals surface area contributed by atoms with Gasteiger partial charge in [-0.1, -0.05) is 27.7 Å². The van der Waals surface area contributed by atoms with E-state index in [9.17, 15) is 0 Å². The molecule has 1 saturated carbocycles. The molecule has 1 heterocycles. The molecule has 0 amide bonds. The number of nitrogens with zero attached hydrogens (tertiary/aromatic N) is 1. The second-order valence-electron chi connectivity index (χ2n) is 6.09. The highest BCUT2D eigenvalue weighted by Crippen LogP contribution is 2.43. The minimum atomic E-state index is 0.174. The fraction of sp³-hybridized carbons (Fsp3) is 0.800. The van der Waals surface area contributed by atoms with Gasteiger partial charge in [0.2, 0.25) is 0 Å². The van der Waals surface area contributed by atoms with Crippen molar-refractivity contribution in [2.24, 2.45) is 5.92 Å². The van der Waals surface area contributed by atoms with Gasteiger partial charge in [-0.25, -0.2) is 4.98 Å². The molecular formula is C15H26N2S. The number of hydrogen-bond acceptors (Lipinski definition) is 3. The lowest BCUT2D eigenvalue weighted by atomic mass is 9.96.